The molecule has 0 unspecified atom stereocenters. The fourth-order valence-electron chi connectivity index (χ4n) is 1.62. The molecule has 0 aliphatic rings. The zero-order valence-electron chi connectivity index (χ0n) is 12.8. The summed E-state index contributed by atoms with van der Waals surface area (Å²) in [4.78, 5) is 22.5. The predicted molar refractivity (Wildman–Crippen MR) is 78.3 cm³/mol. The van der Waals surface area contributed by atoms with Crippen LogP contribution in [0.2, 0.25) is 0 Å². The first-order valence-corrected chi connectivity index (χ1v) is 6.62. The Hall–Kier alpha value is -2.24. The van der Waals surface area contributed by atoms with E-state index in [1.807, 2.05) is 13.8 Å². The molecule has 0 fully saturated rings. The number of nitrogens with one attached hydrogen (secondary N) is 1. The van der Waals surface area contributed by atoms with Gasteiger partial charge in [0.2, 0.25) is 5.75 Å². The molecular weight excluding hydrogens is 274 g/mol. The summed E-state index contributed by atoms with van der Waals surface area (Å²) in [6, 6.07) is 3.05. The highest BCUT2D eigenvalue weighted by Gasteiger charge is 2.15. The van der Waals surface area contributed by atoms with Gasteiger partial charge >= 0.3 is 0 Å². The first-order chi connectivity index (χ1) is 10.0. The summed E-state index contributed by atoms with van der Waals surface area (Å²) in [5.74, 6) is 1.11. The number of ether oxygens (including phenoxy) is 3. The third kappa shape index (κ3) is 4.98. The number of amides is 1. The van der Waals surface area contributed by atoms with Gasteiger partial charge in [0.05, 0.1) is 14.2 Å². The predicted octanol–water partition coefficient (Wildman–Crippen LogP) is 1.67. The van der Waals surface area contributed by atoms with Crippen molar-refractivity contribution in [2.45, 2.75) is 13.8 Å². The van der Waals surface area contributed by atoms with Crippen LogP contribution in [-0.2, 0) is 4.79 Å². The lowest BCUT2D eigenvalue weighted by Gasteiger charge is -2.15. The second kappa shape index (κ2) is 8.14. The average molecular weight is 295 g/mol. The topological polar surface area (TPSA) is 73.9 Å². The Morgan fingerprint density at radius 2 is 1.81 bits per heavy atom. The van der Waals surface area contributed by atoms with Gasteiger partial charge in [0.25, 0.3) is 5.91 Å². The number of carbonyl (C=O) groups is 2. The maximum absolute atomic E-state index is 11.7. The monoisotopic (exact) mass is 295 g/mol. The Kier molecular flexibility index (Phi) is 6.52. The first kappa shape index (κ1) is 16.8. The van der Waals surface area contributed by atoms with Crippen LogP contribution in [0.1, 0.15) is 24.2 Å². The van der Waals surface area contributed by atoms with Crippen LogP contribution in [0.4, 0.5) is 0 Å². The van der Waals surface area contributed by atoms with E-state index < -0.39 is 0 Å². The van der Waals surface area contributed by atoms with Gasteiger partial charge in [0, 0.05) is 12.1 Å². The molecular formula is C15H21NO5. The van der Waals surface area contributed by atoms with E-state index in [9.17, 15) is 9.59 Å². The fourth-order valence-corrected chi connectivity index (χ4v) is 1.62. The summed E-state index contributed by atoms with van der Waals surface area (Å²) >= 11 is 0. The van der Waals surface area contributed by atoms with Crippen molar-refractivity contribution in [1.29, 1.82) is 0 Å². The van der Waals surface area contributed by atoms with Gasteiger partial charge in [-0.3, -0.25) is 9.59 Å². The molecule has 0 bridgehead atoms. The normalized spacial score (nSPS) is 10.1. The Morgan fingerprint density at radius 1 is 1.24 bits per heavy atom. The van der Waals surface area contributed by atoms with E-state index in [4.69, 9.17) is 14.2 Å². The third-order valence-electron chi connectivity index (χ3n) is 2.67. The van der Waals surface area contributed by atoms with Gasteiger partial charge in [-0.15, -0.1) is 0 Å². The lowest BCUT2D eigenvalue weighted by molar-refractivity contribution is -0.123. The molecule has 6 nitrogen and oxygen atoms in total. The molecule has 1 amide bonds. The molecule has 1 N–H and O–H groups in total. The standard InChI is InChI=1S/C15H21NO5/c1-10(2)7-16-14(18)9-21-15-12(19-3)5-11(8-17)6-13(15)20-4/h5-6,8,10H,7,9H2,1-4H3,(H,16,18). The maximum atomic E-state index is 11.7. The maximum Gasteiger partial charge on any atom is 0.257 e. The van der Waals surface area contributed by atoms with Crippen LogP contribution in [0.3, 0.4) is 0 Å². The van der Waals surface area contributed by atoms with Crippen LogP contribution in [0.5, 0.6) is 17.2 Å². The Morgan fingerprint density at radius 3 is 2.24 bits per heavy atom. The number of carbonyl (C=O) groups excluding carboxylic acids is 2. The highest BCUT2D eigenvalue weighted by atomic mass is 16.5. The van der Waals surface area contributed by atoms with E-state index in [0.717, 1.165) is 0 Å². The molecule has 0 aromatic heterocycles. The van der Waals surface area contributed by atoms with Crippen molar-refractivity contribution in [3.05, 3.63) is 17.7 Å². The van der Waals surface area contributed by atoms with Crippen LogP contribution in [0.15, 0.2) is 12.1 Å². The highest BCUT2D eigenvalue weighted by Crippen LogP contribution is 2.38. The van der Waals surface area contributed by atoms with E-state index >= 15 is 0 Å². The molecule has 6 heteroatoms. The van der Waals surface area contributed by atoms with Gasteiger partial charge in [-0.1, -0.05) is 13.8 Å². The fraction of sp³-hybridized carbons (Fsp3) is 0.467. The van der Waals surface area contributed by atoms with Gasteiger partial charge in [-0.05, 0) is 18.1 Å². The van der Waals surface area contributed by atoms with Crippen molar-refractivity contribution in [1.82, 2.24) is 5.32 Å². The Bertz CT molecular complexity index is 474. The van der Waals surface area contributed by atoms with Gasteiger partial charge in [0.1, 0.15) is 6.29 Å². The van der Waals surface area contributed by atoms with Crippen molar-refractivity contribution in [3.63, 3.8) is 0 Å². The second-order valence-corrected chi connectivity index (χ2v) is 4.86. The molecule has 1 rings (SSSR count). The van der Waals surface area contributed by atoms with Gasteiger partial charge in [-0.2, -0.15) is 0 Å². The molecule has 116 valence electrons. The van der Waals surface area contributed by atoms with Crippen LogP contribution >= 0.6 is 0 Å². The summed E-state index contributed by atoms with van der Waals surface area (Å²) in [7, 11) is 2.91. The van der Waals surface area contributed by atoms with Gasteiger partial charge in [-0.25, -0.2) is 0 Å². The quantitative estimate of drug-likeness (QED) is 0.738. The number of benzene rings is 1. The summed E-state index contributed by atoms with van der Waals surface area (Å²) < 4.78 is 15.8. The number of rotatable bonds is 8. The molecule has 1 aromatic rings. The number of hydrogen-bond donors (Lipinski definition) is 1. The van der Waals surface area contributed by atoms with Crippen LogP contribution in [0.25, 0.3) is 0 Å². The van der Waals surface area contributed by atoms with Gasteiger partial charge < -0.3 is 19.5 Å². The molecule has 1 aromatic carbocycles. The third-order valence-corrected chi connectivity index (χ3v) is 2.67. The Balaban J connectivity index is 2.82. The summed E-state index contributed by atoms with van der Waals surface area (Å²) in [5, 5.41) is 2.75. The molecule has 0 saturated heterocycles. The zero-order valence-corrected chi connectivity index (χ0v) is 12.8. The van der Waals surface area contributed by atoms with Crippen molar-refractivity contribution in [2.24, 2.45) is 5.92 Å². The molecule has 0 atom stereocenters. The summed E-state index contributed by atoms with van der Waals surface area (Å²) in [6.45, 7) is 4.44. The minimum Gasteiger partial charge on any atom is -0.493 e. The molecule has 21 heavy (non-hydrogen) atoms. The largest absolute Gasteiger partial charge is 0.493 e. The summed E-state index contributed by atoms with van der Waals surface area (Å²) in [5.41, 5.74) is 0.403. The van der Waals surface area contributed by atoms with Crippen LogP contribution in [0, 0.1) is 5.92 Å². The molecule has 0 radical (unpaired) electrons. The minimum absolute atomic E-state index is 0.153. The average Bonchev–Trinajstić information content (AvgIpc) is 2.49. The lowest BCUT2D eigenvalue weighted by atomic mass is 10.2. The van der Waals surface area contributed by atoms with E-state index in [2.05, 4.69) is 5.32 Å². The molecule has 0 spiro atoms. The van der Waals surface area contributed by atoms with Crippen LogP contribution in [-0.4, -0.2) is 39.6 Å². The number of methoxy groups -OCH3 is 2. The van der Waals surface area contributed by atoms with E-state index in [0.29, 0.717) is 41.6 Å². The van der Waals surface area contributed by atoms with E-state index in [1.54, 1.807) is 0 Å². The van der Waals surface area contributed by atoms with Crippen molar-refractivity contribution in [3.8, 4) is 17.2 Å². The summed E-state index contributed by atoms with van der Waals surface area (Å²) in [6.07, 6.45) is 0.685. The molecule has 0 aliphatic heterocycles. The zero-order chi connectivity index (χ0) is 15.8. The molecule has 0 aliphatic carbocycles. The number of aldehydes is 1. The van der Waals surface area contributed by atoms with E-state index in [-0.39, 0.29) is 12.5 Å². The number of hydrogen-bond acceptors (Lipinski definition) is 5. The van der Waals surface area contributed by atoms with Crippen LogP contribution < -0.4 is 19.5 Å². The first-order valence-electron chi connectivity index (χ1n) is 6.62. The lowest BCUT2D eigenvalue weighted by Crippen LogP contribution is -2.31. The molecule has 0 heterocycles. The minimum atomic E-state index is -0.229. The van der Waals surface area contributed by atoms with Gasteiger partial charge in [0.15, 0.2) is 18.1 Å². The van der Waals surface area contributed by atoms with E-state index in [1.165, 1.54) is 26.4 Å². The van der Waals surface area contributed by atoms with Crippen molar-refractivity contribution < 1.29 is 23.8 Å². The second-order valence-electron chi connectivity index (χ2n) is 4.86. The highest BCUT2D eigenvalue weighted by molar-refractivity contribution is 5.79. The SMILES string of the molecule is COc1cc(C=O)cc(OC)c1OCC(=O)NCC(C)C. The van der Waals surface area contributed by atoms with Crippen molar-refractivity contribution >= 4 is 12.2 Å². The molecule has 0 saturated carbocycles. The van der Waals surface area contributed by atoms with Crippen molar-refractivity contribution in [2.75, 3.05) is 27.4 Å². The Labute approximate surface area is 124 Å². The smallest absolute Gasteiger partial charge is 0.257 e.